The zero-order valence-electron chi connectivity index (χ0n) is 8.84. The average Bonchev–Trinajstić information content (AvgIpc) is 2.64. The van der Waals surface area contributed by atoms with E-state index in [9.17, 15) is 14.9 Å². The standard InChI is InChI=1S/C8H12N4O3S/c1-4(2)6(9)7(13)11-8-10-3-5(16-8)12(14)15/h3-4,6H,9H2,1-2H3,(H,10,11,13). The molecule has 1 atom stereocenters. The van der Waals surface area contributed by atoms with Gasteiger partial charge in [0.25, 0.3) is 0 Å². The summed E-state index contributed by atoms with van der Waals surface area (Å²) in [5.41, 5.74) is 5.61. The fraction of sp³-hybridized carbons (Fsp3) is 0.500. The van der Waals surface area contributed by atoms with Crippen LogP contribution in [-0.4, -0.2) is 21.9 Å². The smallest absolute Gasteiger partial charge is 0.320 e. The Hall–Kier alpha value is -1.54. The monoisotopic (exact) mass is 244 g/mol. The number of carbonyl (C=O) groups excluding carboxylic acids is 1. The molecule has 16 heavy (non-hydrogen) atoms. The molecular weight excluding hydrogens is 232 g/mol. The third-order valence-corrected chi connectivity index (χ3v) is 2.79. The molecule has 0 spiro atoms. The predicted octanol–water partition coefficient (Wildman–Crippen LogP) is 0.973. The van der Waals surface area contributed by atoms with E-state index >= 15 is 0 Å². The van der Waals surface area contributed by atoms with Crippen molar-refractivity contribution in [2.45, 2.75) is 19.9 Å². The number of hydrogen-bond donors (Lipinski definition) is 2. The van der Waals surface area contributed by atoms with Crippen LogP contribution in [0.2, 0.25) is 0 Å². The molecule has 1 aromatic rings. The molecule has 3 N–H and O–H groups in total. The summed E-state index contributed by atoms with van der Waals surface area (Å²) in [5.74, 6) is -0.394. The van der Waals surface area contributed by atoms with E-state index in [4.69, 9.17) is 5.73 Å². The van der Waals surface area contributed by atoms with E-state index in [1.165, 1.54) is 0 Å². The third-order valence-electron chi connectivity index (χ3n) is 1.92. The first-order valence-electron chi connectivity index (χ1n) is 4.58. The molecule has 0 aliphatic rings. The van der Waals surface area contributed by atoms with E-state index in [0.717, 1.165) is 17.5 Å². The number of nitrogens with two attached hydrogens (primary N) is 1. The van der Waals surface area contributed by atoms with Crippen LogP contribution >= 0.6 is 11.3 Å². The molecule has 0 fully saturated rings. The van der Waals surface area contributed by atoms with Crippen molar-refractivity contribution in [2.24, 2.45) is 11.7 Å². The molecule has 1 amide bonds. The van der Waals surface area contributed by atoms with Gasteiger partial charge >= 0.3 is 5.00 Å². The minimum atomic E-state index is -0.650. The maximum absolute atomic E-state index is 11.5. The van der Waals surface area contributed by atoms with Crippen molar-refractivity contribution in [3.8, 4) is 0 Å². The lowest BCUT2D eigenvalue weighted by Crippen LogP contribution is -2.39. The summed E-state index contributed by atoms with van der Waals surface area (Å²) >= 11 is 0.801. The highest BCUT2D eigenvalue weighted by molar-refractivity contribution is 7.18. The van der Waals surface area contributed by atoms with Crippen LogP contribution < -0.4 is 11.1 Å². The number of nitro groups is 1. The Morgan fingerprint density at radius 2 is 2.31 bits per heavy atom. The summed E-state index contributed by atoms with van der Waals surface area (Å²) in [5, 5.41) is 12.9. The van der Waals surface area contributed by atoms with Crippen LogP contribution in [0.5, 0.6) is 0 Å². The van der Waals surface area contributed by atoms with Crippen molar-refractivity contribution < 1.29 is 9.72 Å². The quantitative estimate of drug-likeness (QED) is 0.605. The van der Waals surface area contributed by atoms with Crippen LogP contribution in [0.4, 0.5) is 10.1 Å². The van der Waals surface area contributed by atoms with E-state index in [-0.39, 0.29) is 22.0 Å². The molecule has 7 nitrogen and oxygen atoms in total. The third kappa shape index (κ3) is 2.97. The van der Waals surface area contributed by atoms with Crippen LogP contribution in [0.25, 0.3) is 0 Å². The van der Waals surface area contributed by atoms with Crippen molar-refractivity contribution in [3.05, 3.63) is 16.3 Å². The van der Waals surface area contributed by atoms with Gasteiger partial charge in [0.15, 0.2) is 5.13 Å². The summed E-state index contributed by atoms with van der Waals surface area (Å²) in [6.07, 6.45) is 1.10. The highest BCUT2D eigenvalue weighted by atomic mass is 32.1. The maximum atomic E-state index is 11.5. The zero-order valence-corrected chi connectivity index (χ0v) is 9.65. The van der Waals surface area contributed by atoms with Gasteiger partial charge in [-0.2, -0.15) is 0 Å². The number of aromatic nitrogens is 1. The number of nitrogens with zero attached hydrogens (tertiary/aromatic N) is 2. The number of carbonyl (C=O) groups is 1. The number of nitrogens with one attached hydrogen (secondary N) is 1. The fourth-order valence-corrected chi connectivity index (χ4v) is 1.53. The molecule has 0 saturated heterocycles. The molecule has 8 heteroatoms. The summed E-state index contributed by atoms with van der Waals surface area (Å²) in [4.78, 5) is 25.0. The van der Waals surface area contributed by atoms with Gasteiger partial charge < -0.3 is 11.1 Å². The molecule has 1 rings (SSSR count). The molecule has 88 valence electrons. The van der Waals surface area contributed by atoms with E-state index in [2.05, 4.69) is 10.3 Å². The van der Waals surface area contributed by atoms with Crippen LogP contribution in [0.3, 0.4) is 0 Å². The molecule has 0 bridgehead atoms. The molecule has 0 saturated carbocycles. The second-order valence-corrected chi connectivity index (χ2v) is 4.53. The van der Waals surface area contributed by atoms with Crippen LogP contribution in [0.15, 0.2) is 6.20 Å². The molecule has 1 aromatic heterocycles. The summed E-state index contributed by atoms with van der Waals surface area (Å²) in [7, 11) is 0. The fourth-order valence-electron chi connectivity index (χ4n) is 0.899. The summed E-state index contributed by atoms with van der Waals surface area (Å²) in [6, 6.07) is -0.650. The highest BCUT2D eigenvalue weighted by Crippen LogP contribution is 2.25. The van der Waals surface area contributed by atoms with Crippen molar-refractivity contribution >= 4 is 27.4 Å². The number of amides is 1. The lowest BCUT2D eigenvalue weighted by atomic mass is 10.1. The summed E-state index contributed by atoms with van der Waals surface area (Å²) in [6.45, 7) is 3.63. The second-order valence-electron chi connectivity index (χ2n) is 3.52. The molecule has 0 aromatic carbocycles. The van der Waals surface area contributed by atoms with E-state index in [0.29, 0.717) is 0 Å². The van der Waals surface area contributed by atoms with Gasteiger partial charge in [-0.05, 0) is 17.3 Å². The molecule has 0 aliphatic carbocycles. The predicted molar refractivity (Wildman–Crippen MR) is 60.2 cm³/mol. The van der Waals surface area contributed by atoms with Gasteiger partial charge in [-0.25, -0.2) is 4.98 Å². The molecule has 0 aliphatic heterocycles. The molecule has 0 radical (unpaired) electrons. The Morgan fingerprint density at radius 1 is 1.69 bits per heavy atom. The minimum absolute atomic E-state index is 0.00468. The lowest BCUT2D eigenvalue weighted by molar-refractivity contribution is -0.380. The highest BCUT2D eigenvalue weighted by Gasteiger charge is 2.19. The lowest BCUT2D eigenvalue weighted by Gasteiger charge is -2.13. The van der Waals surface area contributed by atoms with Crippen LogP contribution in [-0.2, 0) is 4.79 Å². The van der Waals surface area contributed by atoms with Gasteiger partial charge in [-0.1, -0.05) is 13.8 Å². The van der Waals surface area contributed by atoms with E-state index in [1.807, 2.05) is 13.8 Å². The largest absolute Gasteiger partial charge is 0.345 e. The van der Waals surface area contributed by atoms with E-state index < -0.39 is 11.0 Å². The first kappa shape index (κ1) is 12.5. The van der Waals surface area contributed by atoms with Crippen LogP contribution in [0.1, 0.15) is 13.8 Å². The summed E-state index contributed by atoms with van der Waals surface area (Å²) < 4.78 is 0. The molecule has 1 heterocycles. The number of anilines is 1. The Labute approximate surface area is 95.8 Å². The maximum Gasteiger partial charge on any atom is 0.345 e. The van der Waals surface area contributed by atoms with Gasteiger partial charge in [0, 0.05) is 0 Å². The Morgan fingerprint density at radius 3 is 2.75 bits per heavy atom. The van der Waals surface area contributed by atoms with E-state index in [1.54, 1.807) is 0 Å². The van der Waals surface area contributed by atoms with Crippen molar-refractivity contribution in [3.63, 3.8) is 0 Å². The van der Waals surface area contributed by atoms with Gasteiger partial charge in [-0.3, -0.25) is 14.9 Å². The minimum Gasteiger partial charge on any atom is -0.320 e. The van der Waals surface area contributed by atoms with Gasteiger partial charge in [-0.15, -0.1) is 0 Å². The topological polar surface area (TPSA) is 111 Å². The van der Waals surface area contributed by atoms with Crippen molar-refractivity contribution in [1.82, 2.24) is 4.98 Å². The van der Waals surface area contributed by atoms with Crippen LogP contribution in [0, 0.1) is 16.0 Å². The number of hydrogen-bond acceptors (Lipinski definition) is 6. The van der Waals surface area contributed by atoms with Crippen molar-refractivity contribution in [1.29, 1.82) is 0 Å². The number of thiazole rings is 1. The zero-order chi connectivity index (χ0) is 12.3. The van der Waals surface area contributed by atoms with Crippen molar-refractivity contribution in [2.75, 3.05) is 5.32 Å². The second kappa shape index (κ2) is 4.99. The molecular formula is C8H12N4O3S. The Kier molecular flexibility index (Phi) is 3.91. The Balaban J connectivity index is 2.66. The first-order chi connectivity index (χ1) is 7.41. The normalized spacial score (nSPS) is 12.5. The van der Waals surface area contributed by atoms with Gasteiger partial charge in [0.2, 0.25) is 5.91 Å². The van der Waals surface area contributed by atoms with Gasteiger partial charge in [0.1, 0.15) is 6.20 Å². The molecule has 1 unspecified atom stereocenters. The van der Waals surface area contributed by atoms with Gasteiger partial charge in [0.05, 0.1) is 11.0 Å². The first-order valence-corrected chi connectivity index (χ1v) is 5.40. The Bertz CT molecular complexity index is 404. The average molecular weight is 244 g/mol. The number of rotatable bonds is 4. The SMILES string of the molecule is CC(C)C(N)C(=O)Nc1ncc([N+](=O)[O-])s1.